The highest BCUT2D eigenvalue weighted by molar-refractivity contribution is 5.75. The summed E-state index contributed by atoms with van der Waals surface area (Å²) in [6.07, 6.45) is 8.62. The third-order valence-electron chi connectivity index (χ3n) is 4.70. The van der Waals surface area contributed by atoms with Crippen molar-refractivity contribution in [1.82, 2.24) is 14.8 Å². The van der Waals surface area contributed by atoms with Crippen LogP contribution in [-0.2, 0) is 24.2 Å². The Bertz CT molecular complexity index is 475. The van der Waals surface area contributed by atoms with E-state index < -0.39 is 11.4 Å². The van der Waals surface area contributed by atoms with Gasteiger partial charge in [0.05, 0.1) is 5.41 Å². The van der Waals surface area contributed by atoms with E-state index in [0.717, 1.165) is 63.1 Å². The number of carboxylic acid groups (broad SMARTS) is 1. The molecule has 0 atom stereocenters. The predicted molar refractivity (Wildman–Crippen MR) is 69.8 cm³/mol. The van der Waals surface area contributed by atoms with E-state index in [1.165, 1.54) is 6.42 Å². The minimum atomic E-state index is -0.652. The molecule has 1 saturated carbocycles. The van der Waals surface area contributed by atoms with Gasteiger partial charge >= 0.3 is 5.97 Å². The molecule has 104 valence electrons. The highest BCUT2D eigenvalue weighted by atomic mass is 16.4. The van der Waals surface area contributed by atoms with Gasteiger partial charge in [-0.15, -0.1) is 10.2 Å². The van der Waals surface area contributed by atoms with Crippen LogP contribution in [0.4, 0.5) is 0 Å². The molecule has 5 nitrogen and oxygen atoms in total. The van der Waals surface area contributed by atoms with E-state index in [9.17, 15) is 9.90 Å². The summed E-state index contributed by atoms with van der Waals surface area (Å²) in [4.78, 5) is 11.7. The summed E-state index contributed by atoms with van der Waals surface area (Å²) in [5.74, 6) is 1.27. The van der Waals surface area contributed by atoms with Gasteiger partial charge in [-0.2, -0.15) is 0 Å². The number of hydrogen-bond acceptors (Lipinski definition) is 3. The van der Waals surface area contributed by atoms with E-state index >= 15 is 0 Å². The molecule has 0 amide bonds. The molecule has 1 aromatic rings. The lowest BCUT2D eigenvalue weighted by atomic mass is 9.71. The normalized spacial score (nSPS) is 21.9. The van der Waals surface area contributed by atoms with Gasteiger partial charge in [0, 0.05) is 19.4 Å². The number of carbonyl (C=O) groups is 1. The lowest BCUT2D eigenvalue weighted by Gasteiger charge is -2.33. The Balaban J connectivity index is 1.86. The highest BCUT2D eigenvalue weighted by Gasteiger charge is 2.41. The van der Waals surface area contributed by atoms with Crippen molar-refractivity contribution in [1.29, 1.82) is 0 Å². The number of aromatic nitrogens is 3. The van der Waals surface area contributed by atoms with Gasteiger partial charge in [0.15, 0.2) is 0 Å². The van der Waals surface area contributed by atoms with Crippen molar-refractivity contribution in [3.05, 3.63) is 11.6 Å². The molecule has 1 fully saturated rings. The standard InChI is InChI=1S/C14H21N3O2/c18-13(19)14(7-3-1-4-8-14)10-12-16-15-11-6-2-5-9-17(11)12/h1-10H2,(H,18,19). The van der Waals surface area contributed by atoms with E-state index in [4.69, 9.17) is 0 Å². The lowest BCUT2D eigenvalue weighted by Crippen LogP contribution is -2.36. The molecule has 0 spiro atoms. The van der Waals surface area contributed by atoms with Crippen LogP contribution < -0.4 is 0 Å². The summed E-state index contributed by atoms with van der Waals surface area (Å²) in [6.45, 7) is 0.952. The SMILES string of the molecule is O=C(O)C1(Cc2nnc3n2CCCC3)CCCCC1. The van der Waals surface area contributed by atoms with Gasteiger partial charge in [-0.1, -0.05) is 19.3 Å². The second kappa shape index (κ2) is 4.94. The van der Waals surface area contributed by atoms with Gasteiger partial charge in [0.25, 0.3) is 0 Å². The van der Waals surface area contributed by atoms with Crippen molar-refractivity contribution in [3.8, 4) is 0 Å². The van der Waals surface area contributed by atoms with Crippen molar-refractivity contribution in [2.45, 2.75) is 64.3 Å². The molecular formula is C14H21N3O2. The van der Waals surface area contributed by atoms with Crippen LogP contribution >= 0.6 is 0 Å². The number of aliphatic carboxylic acids is 1. The van der Waals surface area contributed by atoms with Gasteiger partial charge in [0.1, 0.15) is 11.6 Å². The summed E-state index contributed by atoms with van der Waals surface area (Å²) in [7, 11) is 0. The first-order valence-corrected chi connectivity index (χ1v) is 7.36. The number of nitrogens with zero attached hydrogens (tertiary/aromatic N) is 3. The molecule has 5 heteroatoms. The summed E-state index contributed by atoms with van der Waals surface area (Å²) in [5.41, 5.74) is -0.598. The molecule has 0 radical (unpaired) electrons. The van der Waals surface area contributed by atoms with Gasteiger partial charge in [-0.25, -0.2) is 0 Å². The van der Waals surface area contributed by atoms with Crippen LogP contribution in [-0.4, -0.2) is 25.8 Å². The second-order valence-corrected chi connectivity index (χ2v) is 5.96. The van der Waals surface area contributed by atoms with Crippen LogP contribution in [0, 0.1) is 5.41 Å². The van der Waals surface area contributed by atoms with Crippen LogP contribution in [0.25, 0.3) is 0 Å². The fourth-order valence-corrected chi connectivity index (χ4v) is 3.50. The Morgan fingerprint density at radius 3 is 2.68 bits per heavy atom. The molecule has 2 aliphatic rings. The quantitative estimate of drug-likeness (QED) is 0.907. The number of rotatable bonds is 3. The van der Waals surface area contributed by atoms with Crippen molar-refractivity contribution in [3.63, 3.8) is 0 Å². The van der Waals surface area contributed by atoms with E-state index in [0.29, 0.717) is 6.42 Å². The van der Waals surface area contributed by atoms with E-state index in [2.05, 4.69) is 14.8 Å². The maximum absolute atomic E-state index is 11.7. The average Bonchev–Trinajstić information content (AvgIpc) is 2.83. The van der Waals surface area contributed by atoms with Gasteiger partial charge < -0.3 is 9.67 Å². The lowest BCUT2D eigenvalue weighted by molar-refractivity contribution is -0.151. The molecule has 19 heavy (non-hydrogen) atoms. The van der Waals surface area contributed by atoms with E-state index in [1.54, 1.807) is 0 Å². The van der Waals surface area contributed by atoms with Crippen molar-refractivity contribution in [2.24, 2.45) is 5.41 Å². The third-order valence-corrected chi connectivity index (χ3v) is 4.70. The smallest absolute Gasteiger partial charge is 0.310 e. The molecular weight excluding hydrogens is 242 g/mol. The Morgan fingerprint density at radius 1 is 1.16 bits per heavy atom. The second-order valence-electron chi connectivity index (χ2n) is 5.96. The summed E-state index contributed by atoms with van der Waals surface area (Å²) in [5, 5.41) is 18.1. The third kappa shape index (κ3) is 2.26. The minimum absolute atomic E-state index is 0.551. The number of carboxylic acids is 1. The summed E-state index contributed by atoms with van der Waals surface area (Å²) < 4.78 is 2.16. The molecule has 0 saturated heterocycles. The van der Waals surface area contributed by atoms with Gasteiger partial charge in [-0.3, -0.25) is 4.79 Å². The molecule has 2 heterocycles. The summed E-state index contributed by atoms with van der Waals surface area (Å²) >= 11 is 0. The van der Waals surface area contributed by atoms with Crippen molar-refractivity contribution >= 4 is 5.97 Å². The minimum Gasteiger partial charge on any atom is -0.481 e. The van der Waals surface area contributed by atoms with E-state index in [-0.39, 0.29) is 0 Å². The fourth-order valence-electron chi connectivity index (χ4n) is 3.50. The van der Waals surface area contributed by atoms with Crippen LogP contribution in [0.1, 0.15) is 56.6 Å². The maximum atomic E-state index is 11.7. The van der Waals surface area contributed by atoms with E-state index in [1.807, 2.05) is 0 Å². The zero-order valence-corrected chi connectivity index (χ0v) is 11.3. The number of fused-ring (bicyclic) bond motifs is 1. The number of hydrogen-bond donors (Lipinski definition) is 1. The van der Waals surface area contributed by atoms with Crippen LogP contribution in [0.5, 0.6) is 0 Å². The van der Waals surface area contributed by atoms with Gasteiger partial charge in [-0.05, 0) is 25.7 Å². The molecule has 0 aromatic carbocycles. The zero-order valence-electron chi connectivity index (χ0n) is 11.3. The van der Waals surface area contributed by atoms with Crippen LogP contribution in [0.3, 0.4) is 0 Å². The fraction of sp³-hybridized carbons (Fsp3) is 0.786. The maximum Gasteiger partial charge on any atom is 0.310 e. The van der Waals surface area contributed by atoms with Crippen LogP contribution in [0.2, 0.25) is 0 Å². The Morgan fingerprint density at radius 2 is 1.95 bits per heavy atom. The monoisotopic (exact) mass is 263 g/mol. The number of aryl methyl sites for hydroxylation is 1. The molecule has 1 aliphatic carbocycles. The molecule has 1 N–H and O–H groups in total. The Hall–Kier alpha value is -1.39. The first-order valence-electron chi connectivity index (χ1n) is 7.36. The average molecular weight is 263 g/mol. The Kier molecular flexibility index (Phi) is 3.29. The summed E-state index contributed by atoms with van der Waals surface area (Å²) in [6, 6.07) is 0. The predicted octanol–water partition coefficient (Wildman–Crippen LogP) is 2.19. The molecule has 0 bridgehead atoms. The molecule has 1 aliphatic heterocycles. The molecule has 0 unspecified atom stereocenters. The highest BCUT2D eigenvalue weighted by Crippen LogP contribution is 2.39. The Labute approximate surface area is 113 Å². The topological polar surface area (TPSA) is 68.0 Å². The van der Waals surface area contributed by atoms with Crippen molar-refractivity contribution < 1.29 is 9.90 Å². The molecule has 3 rings (SSSR count). The first-order chi connectivity index (χ1) is 9.21. The van der Waals surface area contributed by atoms with Crippen molar-refractivity contribution in [2.75, 3.05) is 0 Å². The van der Waals surface area contributed by atoms with Gasteiger partial charge in [0.2, 0.25) is 0 Å². The first kappa shape index (κ1) is 12.6. The largest absolute Gasteiger partial charge is 0.481 e. The van der Waals surface area contributed by atoms with Crippen LogP contribution in [0.15, 0.2) is 0 Å². The molecule has 1 aromatic heterocycles. The zero-order chi connectivity index (χ0) is 13.3.